The molecular weight excluding hydrogens is 271 g/mol. The number of alkyl halides is 3. The molecule has 0 saturated carbocycles. The number of β-amino-alcohol motifs (C(OH)–C–C–N with tert-alkyl or cyclic N) is 1. The average Bonchev–Trinajstić information content (AvgIpc) is 2.34. The van der Waals surface area contributed by atoms with Crippen molar-refractivity contribution >= 4 is 5.91 Å². The van der Waals surface area contributed by atoms with E-state index in [9.17, 15) is 23.1 Å². The highest BCUT2D eigenvalue weighted by molar-refractivity contribution is 5.80. The van der Waals surface area contributed by atoms with E-state index >= 15 is 0 Å². The summed E-state index contributed by atoms with van der Waals surface area (Å²) in [5, 5.41) is 9.81. The van der Waals surface area contributed by atoms with Gasteiger partial charge in [0.25, 0.3) is 0 Å². The molecule has 0 aromatic heterocycles. The summed E-state index contributed by atoms with van der Waals surface area (Å²) >= 11 is 0. The van der Waals surface area contributed by atoms with E-state index in [0.717, 1.165) is 12.1 Å². The maximum Gasteiger partial charge on any atom is 0.416 e. The van der Waals surface area contributed by atoms with E-state index in [1.54, 1.807) is 0 Å². The number of nitrogens with zero attached hydrogens (tertiary/aromatic N) is 1. The fourth-order valence-electron chi connectivity index (χ4n) is 2.21. The monoisotopic (exact) mass is 287 g/mol. The van der Waals surface area contributed by atoms with Crippen LogP contribution >= 0.6 is 0 Å². The first kappa shape index (κ1) is 14.8. The molecule has 1 aromatic carbocycles. The summed E-state index contributed by atoms with van der Waals surface area (Å²) in [5.74, 6) is -0.262. The minimum absolute atomic E-state index is 0.0796. The first-order chi connectivity index (χ1) is 9.23. The van der Waals surface area contributed by atoms with Crippen LogP contribution < -0.4 is 0 Å². The number of halogens is 3. The van der Waals surface area contributed by atoms with Gasteiger partial charge in [0, 0.05) is 0 Å². The molecule has 1 aromatic rings. The summed E-state index contributed by atoms with van der Waals surface area (Å²) in [4.78, 5) is 13.4. The van der Waals surface area contributed by atoms with Crippen molar-refractivity contribution in [3.63, 3.8) is 0 Å². The molecule has 1 amide bonds. The van der Waals surface area contributed by atoms with Crippen LogP contribution in [0.4, 0.5) is 13.2 Å². The van der Waals surface area contributed by atoms with E-state index in [2.05, 4.69) is 0 Å². The van der Waals surface area contributed by atoms with Gasteiger partial charge in [0.05, 0.1) is 30.7 Å². The predicted octanol–water partition coefficient (Wildman–Crippen LogP) is 2.23. The molecular formula is C14H16F3NO2. The Labute approximate surface area is 115 Å². The van der Waals surface area contributed by atoms with Crippen LogP contribution in [0.15, 0.2) is 24.3 Å². The lowest BCUT2D eigenvalue weighted by Crippen LogP contribution is -2.63. The summed E-state index contributed by atoms with van der Waals surface area (Å²) < 4.78 is 37.7. The largest absolute Gasteiger partial charge is 0.416 e. The molecule has 0 bridgehead atoms. The highest BCUT2D eigenvalue weighted by atomic mass is 19.4. The second-order valence-electron chi connectivity index (χ2n) is 5.20. The highest BCUT2D eigenvalue weighted by Crippen LogP contribution is 2.30. The number of amides is 1. The van der Waals surface area contributed by atoms with Crippen molar-refractivity contribution in [3.8, 4) is 0 Å². The van der Waals surface area contributed by atoms with Crippen LogP contribution in [0.1, 0.15) is 24.5 Å². The van der Waals surface area contributed by atoms with Gasteiger partial charge in [-0.25, -0.2) is 0 Å². The van der Waals surface area contributed by atoms with E-state index in [0.29, 0.717) is 12.0 Å². The van der Waals surface area contributed by atoms with E-state index in [1.807, 2.05) is 6.92 Å². The Hall–Kier alpha value is -1.56. The Morgan fingerprint density at radius 1 is 1.40 bits per heavy atom. The summed E-state index contributed by atoms with van der Waals surface area (Å²) in [6, 6.07) is 4.76. The molecule has 20 heavy (non-hydrogen) atoms. The Bertz CT molecular complexity index is 507. The zero-order valence-electron chi connectivity index (χ0n) is 11.1. The first-order valence-corrected chi connectivity index (χ1v) is 6.40. The van der Waals surface area contributed by atoms with E-state index < -0.39 is 17.3 Å². The van der Waals surface area contributed by atoms with Crippen molar-refractivity contribution < 1.29 is 23.1 Å². The number of likely N-dealkylation sites (tertiary alicyclic amines) is 1. The summed E-state index contributed by atoms with van der Waals surface area (Å²) in [6.45, 7) is 2.33. The second-order valence-corrected chi connectivity index (χ2v) is 5.20. The molecule has 0 radical (unpaired) electrons. The van der Waals surface area contributed by atoms with Gasteiger partial charge in [0.15, 0.2) is 0 Å². The fraction of sp³-hybridized carbons (Fsp3) is 0.500. The van der Waals surface area contributed by atoms with Crippen LogP contribution in [0.5, 0.6) is 0 Å². The molecule has 1 aliphatic heterocycles. The van der Waals surface area contributed by atoms with Gasteiger partial charge in [-0.2, -0.15) is 13.2 Å². The van der Waals surface area contributed by atoms with Gasteiger partial charge in [-0.15, -0.1) is 0 Å². The Morgan fingerprint density at radius 2 is 2.05 bits per heavy atom. The molecule has 0 spiro atoms. The highest BCUT2D eigenvalue weighted by Gasteiger charge is 2.41. The van der Waals surface area contributed by atoms with Crippen molar-refractivity contribution in [1.82, 2.24) is 4.90 Å². The third-order valence-electron chi connectivity index (χ3n) is 3.59. The minimum Gasteiger partial charge on any atom is -0.386 e. The number of benzene rings is 1. The topological polar surface area (TPSA) is 40.5 Å². The standard InChI is InChI=1S/C14H16F3NO2/c1-2-13(20)8-18(9-13)12(19)7-10-4-3-5-11(6-10)14(15,16)17/h3-6,20H,2,7-9H2,1H3. The Kier molecular flexibility index (Phi) is 3.77. The summed E-state index contributed by atoms with van der Waals surface area (Å²) in [6.07, 6.45) is -3.93. The van der Waals surface area contributed by atoms with E-state index in [-0.39, 0.29) is 25.4 Å². The van der Waals surface area contributed by atoms with Gasteiger partial charge >= 0.3 is 6.18 Å². The number of carbonyl (C=O) groups is 1. The van der Waals surface area contributed by atoms with Crippen LogP contribution in [-0.2, 0) is 17.4 Å². The smallest absolute Gasteiger partial charge is 0.386 e. The van der Waals surface area contributed by atoms with Crippen LogP contribution in [0.2, 0.25) is 0 Å². The summed E-state index contributed by atoms with van der Waals surface area (Å²) in [7, 11) is 0. The van der Waals surface area contributed by atoms with Gasteiger partial charge in [-0.05, 0) is 18.1 Å². The average molecular weight is 287 g/mol. The van der Waals surface area contributed by atoms with E-state index in [4.69, 9.17) is 0 Å². The lowest BCUT2D eigenvalue weighted by molar-refractivity contribution is -0.155. The molecule has 1 aliphatic rings. The Morgan fingerprint density at radius 3 is 2.60 bits per heavy atom. The molecule has 0 unspecified atom stereocenters. The van der Waals surface area contributed by atoms with Crippen molar-refractivity contribution in [2.45, 2.75) is 31.5 Å². The molecule has 0 aliphatic carbocycles. The third kappa shape index (κ3) is 3.12. The zero-order valence-corrected chi connectivity index (χ0v) is 11.1. The van der Waals surface area contributed by atoms with Crippen molar-refractivity contribution in [2.24, 2.45) is 0 Å². The normalized spacial score (nSPS) is 17.8. The molecule has 1 fully saturated rings. The van der Waals surface area contributed by atoms with Gasteiger partial charge in [-0.3, -0.25) is 4.79 Å². The molecule has 2 rings (SSSR count). The maximum absolute atomic E-state index is 12.6. The molecule has 0 atom stereocenters. The molecule has 1 saturated heterocycles. The van der Waals surface area contributed by atoms with Crippen LogP contribution in [0, 0.1) is 0 Å². The lowest BCUT2D eigenvalue weighted by atomic mass is 9.90. The molecule has 1 heterocycles. The second kappa shape index (κ2) is 5.09. The number of hydrogen-bond acceptors (Lipinski definition) is 2. The number of aliphatic hydroxyl groups is 1. The zero-order chi connectivity index (χ0) is 15.0. The minimum atomic E-state index is -4.40. The van der Waals surface area contributed by atoms with Crippen molar-refractivity contribution in [2.75, 3.05) is 13.1 Å². The molecule has 3 nitrogen and oxygen atoms in total. The lowest BCUT2D eigenvalue weighted by Gasteiger charge is -2.46. The predicted molar refractivity (Wildman–Crippen MR) is 67.0 cm³/mol. The van der Waals surface area contributed by atoms with Crippen molar-refractivity contribution in [1.29, 1.82) is 0 Å². The number of rotatable bonds is 3. The first-order valence-electron chi connectivity index (χ1n) is 6.40. The van der Waals surface area contributed by atoms with Gasteiger partial charge in [0.2, 0.25) is 5.91 Å². The molecule has 110 valence electrons. The summed E-state index contributed by atoms with van der Waals surface area (Å²) in [5.41, 5.74) is -1.25. The SMILES string of the molecule is CCC1(O)CN(C(=O)Cc2cccc(C(F)(F)F)c2)C1. The van der Waals surface area contributed by atoms with Crippen LogP contribution in [0.25, 0.3) is 0 Å². The maximum atomic E-state index is 12.6. The molecule has 1 N–H and O–H groups in total. The number of hydrogen-bond donors (Lipinski definition) is 1. The molecule has 6 heteroatoms. The van der Waals surface area contributed by atoms with Gasteiger partial charge in [0.1, 0.15) is 0 Å². The van der Waals surface area contributed by atoms with Crippen LogP contribution in [-0.4, -0.2) is 34.6 Å². The van der Waals surface area contributed by atoms with Gasteiger partial charge < -0.3 is 10.0 Å². The van der Waals surface area contributed by atoms with E-state index in [1.165, 1.54) is 17.0 Å². The fourth-order valence-corrected chi connectivity index (χ4v) is 2.21. The quantitative estimate of drug-likeness (QED) is 0.926. The van der Waals surface area contributed by atoms with Crippen LogP contribution in [0.3, 0.4) is 0 Å². The van der Waals surface area contributed by atoms with Crippen molar-refractivity contribution in [3.05, 3.63) is 35.4 Å². The number of carbonyl (C=O) groups excluding carboxylic acids is 1. The van der Waals surface area contributed by atoms with Gasteiger partial charge in [-0.1, -0.05) is 25.1 Å². The third-order valence-corrected chi connectivity index (χ3v) is 3.59. The Balaban J connectivity index is 1.99.